The zero-order chi connectivity index (χ0) is 18.8. The van der Waals surface area contributed by atoms with Crippen LogP contribution in [-0.2, 0) is 13.7 Å². The van der Waals surface area contributed by atoms with E-state index in [9.17, 15) is 9.59 Å². The quantitative estimate of drug-likeness (QED) is 0.511. The minimum Gasteiger partial charge on any atom is -0.471 e. The van der Waals surface area contributed by atoms with E-state index in [0.29, 0.717) is 23.7 Å². The summed E-state index contributed by atoms with van der Waals surface area (Å²) in [5, 5.41) is 9.01. The van der Waals surface area contributed by atoms with E-state index in [1.165, 1.54) is 10.7 Å². The van der Waals surface area contributed by atoms with E-state index in [4.69, 9.17) is 4.74 Å². The Morgan fingerprint density at radius 1 is 1.11 bits per heavy atom. The van der Waals surface area contributed by atoms with E-state index in [-0.39, 0.29) is 5.56 Å². The molecule has 0 aliphatic carbocycles. The molecule has 7 nitrogen and oxygen atoms in total. The number of para-hydroxylation sites is 1. The van der Waals surface area contributed by atoms with Crippen molar-refractivity contribution in [1.29, 1.82) is 0 Å². The van der Waals surface area contributed by atoms with Crippen LogP contribution in [0.15, 0.2) is 65.6 Å². The average molecular weight is 360 g/mol. The second-order valence-corrected chi connectivity index (χ2v) is 6.09. The van der Waals surface area contributed by atoms with Gasteiger partial charge < -0.3 is 9.30 Å². The molecular weight excluding hydrogens is 344 g/mol. The van der Waals surface area contributed by atoms with Crippen LogP contribution < -0.4 is 10.3 Å². The van der Waals surface area contributed by atoms with Crippen LogP contribution >= 0.6 is 0 Å². The number of carbonyl (C=O) groups excluding carboxylic acids is 1. The monoisotopic (exact) mass is 360 g/mol. The van der Waals surface area contributed by atoms with Gasteiger partial charge in [-0.3, -0.25) is 9.59 Å². The fourth-order valence-electron chi connectivity index (χ4n) is 2.86. The number of aldehydes is 1. The molecule has 0 spiro atoms. The van der Waals surface area contributed by atoms with Crippen LogP contribution in [0, 0.1) is 0 Å². The predicted molar refractivity (Wildman–Crippen MR) is 100 cm³/mol. The molecule has 7 heteroatoms. The first-order chi connectivity index (χ1) is 13.2. The first-order valence-electron chi connectivity index (χ1n) is 8.34. The smallest absolute Gasteiger partial charge is 0.254 e. The predicted octanol–water partition coefficient (Wildman–Crippen LogP) is 2.51. The minimum atomic E-state index is -0.128. The van der Waals surface area contributed by atoms with Gasteiger partial charge in [0.15, 0.2) is 0 Å². The van der Waals surface area contributed by atoms with Crippen molar-refractivity contribution in [2.24, 2.45) is 7.05 Å². The third-order valence-corrected chi connectivity index (χ3v) is 4.35. The second kappa shape index (κ2) is 6.87. The van der Waals surface area contributed by atoms with Gasteiger partial charge in [0, 0.05) is 24.1 Å². The zero-order valence-corrected chi connectivity index (χ0v) is 14.6. The first kappa shape index (κ1) is 16.7. The molecule has 4 aromatic rings. The summed E-state index contributed by atoms with van der Waals surface area (Å²) in [7, 11) is 1.74. The highest BCUT2D eigenvalue weighted by Crippen LogP contribution is 2.20. The maximum absolute atomic E-state index is 12.2. The largest absolute Gasteiger partial charge is 0.471 e. The Kier molecular flexibility index (Phi) is 4.25. The molecule has 0 radical (unpaired) electrons. The van der Waals surface area contributed by atoms with Crippen LogP contribution in [0.5, 0.6) is 5.88 Å². The average Bonchev–Trinajstić information content (AvgIpc) is 3.18. The second-order valence-electron chi connectivity index (χ2n) is 6.09. The van der Waals surface area contributed by atoms with Gasteiger partial charge in [0.25, 0.3) is 11.4 Å². The summed E-state index contributed by atoms with van der Waals surface area (Å²) in [6.45, 7) is 0.301. The highest BCUT2D eigenvalue weighted by atomic mass is 16.5. The number of benzene rings is 2. The number of fused-ring (bicyclic) bond motifs is 1. The minimum absolute atomic E-state index is 0.128. The number of pyridine rings is 1. The Labute approximate surface area is 154 Å². The standard InChI is InChI=1S/C20H16N4O3/c1-23-17-5-3-2-4-16(17)18(10-20(23)26)24-11-19(21-22-24)27-13-15-8-6-14(12-25)7-9-15/h2-12H,13H2,1H3. The van der Waals surface area contributed by atoms with Crippen molar-refractivity contribution in [2.75, 3.05) is 0 Å². The third kappa shape index (κ3) is 3.22. The normalized spacial score (nSPS) is 10.9. The fraction of sp³-hybridized carbons (Fsp3) is 0.100. The molecule has 0 fully saturated rings. The Morgan fingerprint density at radius 2 is 1.89 bits per heavy atom. The molecule has 4 rings (SSSR count). The van der Waals surface area contributed by atoms with Crippen LogP contribution in [-0.4, -0.2) is 25.8 Å². The molecule has 0 aliphatic heterocycles. The summed E-state index contributed by atoms with van der Waals surface area (Å²) in [5.74, 6) is 0.347. The van der Waals surface area contributed by atoms with Crippen LogP contribution in [0.3, 0.4) is 0 Å². The van der Waals surface area contributed by atoms with Crippen LogP contribution in [0.25, 0.3) is 16.6 Å². The number of rotatable bonds is 5. The van der Waals surface area contributed by atoms with Crippen molar-refractivity contribution in [2.45, 2.75) is 6.61 Å². The van der Waals surface area contributed by atoms with E-state index in [0.717, 1.165) is 22.8 Å². The van der Waals surface area contributed by atoms with Crippen LogP contribution in [0.2, 0.25) is 0 Å². The third-order valence-electron chi connectivity index (χ3n) is 4.35. The van der Waals surface area contributed by atoms with E-state index in [1.54, 1.807) is 29.9 Å². The maximum Gasteiger partial charge on any atom is 0.254 e. The summed E-state index contributed by atoms with van der Waals surface area (Å²) in [6, 6.07) is 16.2. The number of ether oxygens (including phenoxy) is 1. The van der Waals surface area contributed by atoms with Gasteiger partial charge in [0.2, 0.25) is 0 Å². The number of carbonyl (C=O) groups is 1. The molecule has 0 N–H and O–H groups in total. The van der Waals surface area contributed by atoms with Crippen molar-refractivity contribution in [3.63, 3.8) is 0 Å². The van der Waals surface area contributed by atoms with Crippen molar-refractivity contribution < 1.29 is 9.53 Å². The fourth-order valence-corrected chi connectivity index (χ4v) is 2.86. The summed E-state index contributed by atoms with van der Waals surface area (Å²) >= 11 is 0. The lowest BCUT2D eigenvalue weighted by Gasteiger charge is -2.09. The van der Waals surface area contributed by atoms with Crippen LogP contribution in [0.1, 0.15) is 15.9 Å². The Morgan fingerprint density at radius 3 is 2.67 bits per heavy atom. The van der Waals surface area contributed by atoms with Gasteiger partial charge in [-0.05, 0) is 11.6 Å². The van der Waals surface area contributed by atoms with Crippen LogP contribution in [0.4, 0.5) is 0 Å². The lowest BCUT2D eigenvalue weighted by molar-refractivity contribution is 0.112. The lowest BCUT2D eigenvalue weighted by atomic mass is 10.2. The number of aryl methyl sites for hydroxylation is 1. The molecule has 0 unspecified atom stereocenters. The molecule has 2 aromatic carbocycles. The topological polar surface area (TPSA) is 79.0 Å². The molecule has 0 aliphatic rings. The Balaban J connectivity index is 1.61. The lowest BCUT2D eigenvalue weighted by Crippen LogP contribution is -2.17. The van der Waals surface area contributed by atoms with Gasteiger partial charge in [0.1, 0.15) is 12.9 Å². The zero-order valence-electron chi connectivity index (χ0n) is 14.6. The molecule has 27 heavy (non-hydrogen) atoms. The summed E-state index contributed by atoms with van der Waals surface area (Å²) in [5.41, 5.74) is 2.85. The SMILES string of the molecule is Cn1c(=O)cc(-n2cc(OCc3ccc(C=O)cc3)nn2)c2ccccc21. The van der Waals surface area contributed by atoms with Gasteiger partial charge in [-0.1, -0.05) is 52.8 Å². The first-order valence-corrected chi connectivity index (χ1v) is 8.34. The molecule has 0 amide bonds. The van der Waals surface area contributed by atoms with Gasteiger partial charge in [0.05, 0.1) is 17.4 Å². The van der Waals surface area contributed by atoms with Crippen molar-refractivity contribution >= 4 is 17.2 Å². The molecule has 2 heterocycles. The van der Waals surface area contributed by atoms with E-state index in [2.05, 4.69) is 10.3 Å². The Hall–Kier alpha value is -3.74. The Bertz CT molecular complexity index is 1180. The summed E-state index contributed by atoms with van der Waals surface area (Å²) in [6.07, 6.45) is 2.44. The molecule has 0 bridgehead atoms. The van der Waals surface area contributed by atoms with E-state index in [1.807, 2.05) is 36.4 Å². The van der Waals surface area contributed by atoms with Crippen molar-refractivity contribution in [1.82, 2.24) is 19.6 Å². The molecular formula is C20H16N4O3. The molecule has 0 saturated heterocycles. The molecule has 0 saturated carbocycles. The summed E-state index contributed by atoms with van der Waals surface area (Å²) in [4.78, 5) is 22.9. The highest BCUT2D eigenvalue weighted by molar-refractivity contribution is 5.87. The van der Waals surface area contributed by atoms with E-state index >= 15 is 0 Å². The van der Waals surface area contributed by atoms with Crippen molar-refractivity contribution in [3.05, 3.63) is 82.3 Å². The van der Waals surface area contributed by atoms with Gasteiger partial charge in [-0.25, -0.2) is 4.68 Å². The number of nitrogens with zero attached hydrogens (tertiary/aromatic N) is 4. The number of hydrogen-bond acceptors (Lipinski definition) is 5. The molecule has 134 valence electrons. The molecule has 0 atom stereocenters. The van der Waals surface area contributed by atoms with Crippen molar-refractivity contribution in [3.8, 4) is 11.6 Å². The number of aromatic nitrogens is 4. The highest BCUT2D eigenvalue weighted by Gasteiger charge is 2.11. The van der Waals surface area contributed by atoms with Gasteiger partial charge >= 0.3 is 0 Å². The van der Waals surface area contributed by atoms with Gasteiger partial charge in [-0.15, -0.1) is 0 Å². The molecule has 2 aromatic heterocycles. The maximum atomic E-state index is 12.2. The van der Waals surface area contributed by atoms with E-state index < -0.39 is 0 Å². The summed E-state index contributed by atoms with van der Waals surface area (Å²) < 4.78 is 8.80. The van der Waals surface area contributed by atoms with Gasteiger partial charge in [-0.2, -0.15) is 0 Å². The number of hydrogen-bond donors (Lipinski definition) is 0.